The second kappa shape index (κ2) is 23.2. The minimum atomic E-state index is 0.579. The Hall–Kier alpha value is -5.90. The van der Waals surface area contributed by atoms with Gasteiger partial charge in [-0.15, -0.1) is 0 Å². The maximum Gasteiger partial charge on any atom is 0.203 e. The van der Waals surface area contributed by atoms with Crippen molar-refractivity contribution in [3.05, 3.63) is 118 Å². The fraction of sp³-hybridized carbons (Fsp3) is 0.444. The van der Waals surface area contributed by atoms with Gasteiger partial charge in [-0.25, -0.2) is 9.98 Å². The topological polar surface area (TPSA) is 112 Å². The standard InChI is InChI=1S/C54H68N4O6/c1-7-13-27-59-47-33-37(34-48(60-28-14-8-2)53(47)63-31-17-11-5)51-43-23-19-39(55-43)41-21-25-45(57-41)52(46-26-22-42(58-46)40-20-24-44(51)56-40)38-35-49(61-29-15-9-3)54(64-32-18-12-6)50(36-38)62-30-16-10-4/h19-26,33-36,55,58H,7-18,27-32H2,1-6H3. The summed E-state index contributed by atoms with van der Waals surface area (Å²) in [7, 11) is 0. The van der Waals surface area contributed by atoms with E-state index in [0.29, 0.717) is 74.1 Å². The minimum Gasteiger partial charge on any atom is -0.490 e. The quantitative estimate of drug-likeness (QED) is 0.0608. The molecule has 3 aliphatic heterocycles. The van der Waals surface area contributed by atoms with Crippen LogP contribution in [-0.4, -0.2) is 61.0 Å². The van der Waals surface area contributed by atoms with Crippen molar-refractivity contribution in [2.75, 3.05) is 39.6 Å². The molecule has 0 radical (unpaired) electrons. The zero-order valence-corrected chi connectivity index (χ0v) is 39.0. The summed E-state index contributed by atoms with van der Waals surface area (Å²) in [6, 6.07) is 16.8. The first kappa shape index (κ1) is 46.1. The molecule has 2 aromatic carbocycles. The summed E-state index contributed by atoms with van der Waals surface area (Å²) in [6.07, 6.45) is 20.1. The lowest BCUT2D eigenvalue weighted by molar-refractivity contribution is 0.237. The summed E-state index contributed by atoms with van der Waals surface area (Å²) in [5.74, 6) is 4.03. The van der Waals surface area contributed by atoms with Crippen molar-refractivity contribution >= 4 is 22.6 Å². The molecule has 8 bridgehead atoms. The number of benzene rings is 2. The molecule has 2 aromatic heterocycles. The molecule has 5 heterocycles. The van der Waals surface area contributed by atoms with Crippen molar-refractivity contribution in [3.8, 4) is 34.5 Å². The van der Waals surface area contributed by atoms with E-state index < -0.39 is 0 Å². The zero-order valence-electron chi connectivity index (χ0n) is 39.0. The molecule has 4 aromatic rings. The first-order chi connectivity index (χ1) is 31.5. The van der Waals surface area contributed by atoms with Gasteiger partial charge in [-0.05, 0) is 122 Å². The number of ether oxygens (including phenoxy) is 6. The number of rotatable bonds is 26. The smallest absolute Gasteiger partial charge is 0.203 e. The molecule has 0 amide bonds. The maximum absolute atomic E-state index is 6.51. The van der Waals surface area contributed by atoms with Crippen LogP contribution in [0.15, 0.2) is 94.2 Å². The predicted molar refractivity (Wildman–Crippen MR) is 260 cm³/mol. The van der Waals surface area contributed by atoms with Gasteiger partial charge in [0.15, 0.2) is 23.0 Å². The zero-order chi connectivity index (χ0) is 44.7. The summed E-state index contributed by atoms with van der Waals surface area (Å²) in [5, 5.41) is 0. The molecule has 0 unspecified atom stereocenters. The van der Waals surface area contributed by atoms with E-state index in [1.54, 1.807) is 0 Å². The molecule has 340 valence electrons. The number of fused-ring (bicyclic) bond motifs is 8. The molecule has 0 aliphatic carbocycles. The summed E-state index contributed by atoms with van der Waals surface area (Å²) >= 11 is 0. The monoisotopic (exact) mass is 869 g/mol. The van der Waals surface area contributed by atoms with E-state index in [9.17, 15) is 0 Å². The van der Waals surface area contributed by atoms with Gasteiger partial charge in [-0.1, -0.05) is 80.1 Å². The minimum absolute atomic E-state index is 0.579. The maximum atomic E-state index is 6.51. The van der Waals surface area contributed by atoms with Crippen molar-refractivity contribution in [2.24, 2.45) is 9.98 Å². The predicted octanol–water partition coefficient (Wildman–Crippen LogP) is 13.4. The molecule has 0 saturated heterocycles. The molecule has 10 heteroatoms. The van der Waals surface area contributed by atoms with Gasteiger partial charge in [0.05, 0.1) is 73.8 Å². The van der Waals surface area contributed by atoms with Crippen LogP contribution >= 0.6 is 0 Å². The first-order valence-electron chi connectivity index (χ1n) is 24.0. The highest BCUT2D eigenvalue weighted by Crippen LogP contribution is 2.46. The normalized spacial score (nSPS) is 13.9. The Morgan fingerprint density at radius 1 is 0.375 bits per heavy atom. The van der Waals surface area contributed by atoms with Gasteiger partial charge in [0.1, 0.15) is 0 Å². The molecular weight excluding hydrogens is 801 g/mol. The van der Waals surface area contributed by atoms with Crippen molar-refractivity contribution in [2.45, 2.75) is 119 Å². The lowest BCUT2D eigenvalue weighted by Crippen LogP contribution is -2.07. The van der Waals surface area contributed by atoms with Crippen molar-refractivity contribution in [3.63, 3.8) is 0 Å². The van der Waals surface area contributed by atoms with Gasteiger partial charge in [-0.2, -0.15) is 0 Å². The number of hydrogen-bond acceptors (Lipinski definition) is 8. The first-order valence-corrected chi connectivity index (χ1v) is 24.0. The Balaban J connectivity index is 1.37. The highest BCUT2D eigenvalue weighted by molar-refractivity contribution is 6.13. The number of nitrogens with one attached hydrogen (secondary N) is 2. The van der Waals surface area contributed by atoms with Crippen LogP contribution in [0.2, 0.25) is 0 Å². The largest absolute Gasteiger partial charge is 0.490 e. The number of allylic oxidation sites excluding steroid dienone is 4. The van der Waals surface area contributed by atoms with Crippen LogP contribution < -0.4 is 28.4 Å². The summed E-state index contributed by atoms with van der Waals surface area (Å²) in [5.41, 5.74) is 10.5. The molecule has 0 atom stereocenters. The lowest BCUT2D eigenvalue weighted by Gasteiger charge is -2.20. The SMILES string of the molecule is CCCCOc1cc(C2=C3C=CC(=N3)c3ccc([nH]3)C(c3cc(OCCCC)c(OCCCC)c(OCCCC)c3)=C3C=CC(=N3)c3ccc2[nH]3)cc(OCCCC)c1OCCCC. The van der Waals surface area contributed by atoms with E-state index >= 15 is 0 Å². The van der Waals surface area contributed by atoms with E-state index in [-0.39, 0.29) is 0 Å². The third kappa shape index (κ3) is 11.1. The van der Waals surface area contributed by atoms with Crippen LogP contribution in [-0.2, 0) is 0 Å². The van der Waals surface area contributed by atoms with Crippen LogP contribution in [0, 0.1) is 0 Å². The van der Waals surface area contributed by atoms with E-state index in [1.807, 2.05) is 0 Å². The third-order valence-corrected chi connectivity index (χ3v) is 11.4. The van der Waals surface area contributed by atoms with Gasteiger partial charge in [0.25, 0.3) is 0 Å². The van der Waals surface area contributed by atoms with E-state index in [2.05, 4.69) is 124 Å². The van der Waals surface area contributed by atoms with Gasteiger partial charge < -0.3 is 38.4 Å². The molecule has 64 heavy (non-hydrogen) atoms. The molecule has 0 spiro atoms. The second-order valence-electron chi connectivity index (χ2n) is 16.6. The van der Waals surface area contributed by atoms with E-state index in [4.69, 9.17) is 38.4 Å². The molecular formula is C54H68N4O6. The lowest BCUT2D eigenvalue weighted by atomic mass is 9.99. The Morgan fingerprint density at radius 3 is 0.984 bits per heavy atom. The second-order valence-corrected chi connectivity index (χ2v) is 16.6. The van der Waals surface area contributed by atoms with Crippen molar-refractivity contribution in [1.82, 2.24) is 9.97 Å². The van der Waals surface area contributed by atoms with Crippen LogP contribution in [0.1, 0.15) is 152 Å². The average molecular weight is 869 g/mol. The molecule has 0 fully saturated rings. The van der Waals surface area contributed by atoms with Crippen LogP contribution in [0.25, 0.3) is 11.1 Å². The fourth-order valence-electron chi connectivity index (χ4n) is 7.66. The van der Waals surface area contributed by atoms with Crippen molar-refractivity contribution in [1.29, 1.82) is 0 Å². The number of nitrogens with zero attached hydrogens (tertiary/aromatic N) is 2. The van der Waals surface area contributed by atoms with Gasteiger partial charge in [0, 0.05) is 22.5 Å². The van der Waals surface area contributed by atoms with Crippen LogP contribution in [0.5, 0.6) is 34.5 Å². The Kier molecular flexibility index (Phi) is 16.7. The number of hydrogen-bond donors (Lipinski definition) is 2. The average Bonchev–Trinajstić information content (AvgIpc) is 4.15. The summed E-state index contributed by atoms with van der Waals surface area (Å²) < 4.78 is 38.9. The number of H-pyrrole nitrogens is 2. The number of unbranched alkanes of at least 4 members (excludes halogenated alkanes) is 6. The number of aliphatic imine (C=N–C) groups is 2. The summed E-state index contributed by atoms with van der Waals surface area (Å²) in [4.78, 5) is 18.1. The Morgan fingerprint density at radius 2 is 0.672 bits per heavy atom. The molecule has 2 N–H and O–H groups in total. The Bertz CT molecular complexity index is 2160. The van der Waals surface area contributed by atoms with E-state index in [0.717, 1.165) is 145 Å². The highest BCUT2D eigenvalue weighted by Gasteiger charge is 2.26. The van der Waals surface area contributed by atoms with Crippen molar-refractivity contribution < 1.29 is 28.4 Å². The van der Waals surface area contributed by atoms with Gasteiger partial charge >= 0.3 is 0 Å². The fourth-order valence-corrected chi connectivity index (χ4v) is 7.66. The molecule has 0 saturated carbocycles. The third-order valence-electron chi connectivity index (χ3n) is 11.4. The van der Waals surface area contributed by atoms with Crippen LogP contribution in [0.4, 0.5) is 0 Å². The number of aromatic nitrogens is 2. The molecule has 10 nitrogen and oxygen atoms in total. The van der Waals surface area contributed by atoms with Gasteiger partial charge in [-0.3, -0.25) is 0 Å². The van der Waals surface area contributed by atoms with Gasteiger partial charge in [0.2, 0.25) is 11.5 Å². The van der Waals surface area contributed by atoms with E-state index in [1.165, 1.54) is 0 Å². The van der Waals surface area contributed by atoms with Crippen LogP contribution in [0.3, 0.4) is 0 Å². The Labute approximate surface area is 380 Å². The molecule has 7 rings (SSSR count). The number of aromatic amines is 2. The highest BCUT2D eigenvalue weighted by atomic mass is 16.5. The summed E-state index contributed by atoms with van der Waals surface area (Å²) in [6.45, 7) is 16.5. The molecule has 3 aliphatic rings.